The number of carbonyl (C=O) groups is 1. The van der Waals surface area contributed by atoms with Gasteiger partial charge >= 0.3 is 0 Å². The number of amides is 1. The molecule has 0 spiro atoms. The Balaban J connectivity index is 1.59. The zero-order valence-electron chi connectivity index (χ0n) is 17.8. The van der Waals surface area contributed by atoms with Gasteiger partial charge in [-0.15, -0.1) is 0 Å². The van der Waals surface area contributed by atoms with Crippen molar-refractivity contribution in [3.8, 4) is 16.8 Å². The fourth-order valence-electron chi connectivity index (χ4n) is 3.51. The normalized spacial score (nSPS) is 10.6. The van der Waals surface area contributed by atoms with Crippen LogP contribution in [0.3, 0.4) is 0 Å². The van der Waals surface area contributed by atoms with Gasteiger partial charge in [0.05, 0.1) is 30.2 Å². The Morgan fingerprint density at radius 1 is 1.12 bits per heavy atom. The van der Waals surface area contributed by atoms with Gasteiger partial charge in [0.25, 0.3) is 5.91 Å². The fourth-order valence-corrected chi connectivity index (χ4v) is 3.51. The highest BCUT2D eigenvalue weighted by Gasteiger charge is 2.18. The standard InChI is InChI=1S/C24H18F2N6O/c1-14-23(15(2)32(31-14)17-7-8-20(27-3)19(26)11-17)16-10-18(25)22(29-12-16)13-30-24(33)21-6-4-5-9-28-21/h4-12H,13H2,1-2H3,(H,30,33). The van der Waals surface area contributed by atoms with Gasteiger partial charge in [0.2, 0.25) is 5.69 Å². The van der Waals surface area contributed by atoms with Crippen molar-refractivity contribution < 1.29 is 13.6 Å². The molecule has 0 radical (unpaired) electrons. The van der Waals surface area contributed by atoms with Crippen LogP contribution in [-0.2, 0) is 6.54 Å². The summed E-state index contributed by atoms with van der Waals surface area (Å²) in [6.45, 7) is 10.4. The lowest BCUT2D eigenvalue weighted by Gasteiger charge is -2.09. The number of benzene rings is 1. The molecular weight excluding hydrogens is 426 g/mol. The highest BCUT2D eigenvalue weighted by molar-refractivity contribution is 5.92. The predicted molar refractivity (Wildman–Crippen MR) is 118 cm³/mol. The topological polar surface area (TPSA) is 77.1 Å². The lowest BCUT2D eigenvalue weighted by atomic mass is 10.1. The Hall–Kier alpha value is -4.45. The molecular formula is C24H18F2N6O. The first-order chi connectivity index (χ1) is 15.9. The van der Waals surface area contributed by atoms with Crippen molar-refractivity contribution in [1.82, 2.24) is 25.1 Å². The molecule has 4 aromatic rings. The van der Waals surface area contributed by atoms with E-state index in [0.29, 0.717) is 28.2 Å². The van der Waals surface area contributed by atoms with E-state index in [1.807, 2.05) is 0 Å². The average molecular weight is 444 g/mol. The number of nitrogens with zero attached hydrogens (tertiary/aromatic N) is 5. The number of hydrogen-bond acceptors (Lipinski definition) is 4. The summed E-state index contributed by atoms with van der Waals surface area (Å²) in [4.78, 5) is 23.4. The molecule has 0 aliphatic rings. The van der Waals surface area contributed by atoms with Gasteiger partial charge < -0.3 is 5.32 Å². The lowest BCUT2D eigenvalue weighted by Crippen LogP contribution is -2.24. The van der Waals surface area contributed by atoms with Gasteiger partial charge in [-0.25, -0.2) is 18.3 Å². The van der Waals surface area contributed by atoms with E-state index in [9.17, 15) is 13.6 Å². The number of halogens is 2. The van der Waals surface area contributed by atoms with Crippen LogP contribution >= 0.6 is 0 Å². The molecule has 1 aromatic carbocycles. The van der Waals surface area contributed by atoms with Crippen LogP contribution in [0.1, 0.15) is 27.6 Å². The first kappa shape index (κ1) is 21.8. The molecule has 7 nitrogen and oxygen atoms in total. The summed E-state index contributed by atoms with van der Waals surface area (Å²) in [5.74, 6) is -1.64. The third-order valence-electron chi connectivity index (χ3n) is 5.11. The number of pyridine rings is 2. The van der Waals surface area contributed by atoms with Crippen LogP contribution in [0.4, 0.5) is 14.5 Å². The number of rotatable bonds is 5. The first-order valence-electron chi connectivity index (χ1n) is 9.96. The largest absolute Gasteiger partial charge is 0.345 e. The molecule has 0 unspecified atom stereocenters. The maximum Gasteiger partial charge on any atom is 0.270 e. The molecule has 9 heteroatoms. The van der Waals surface area contributed by atoms with Crippen LogP contribution in [0.5, 0.6) is 0 Å². The summed E-state index contributed by atoms with van der Waals surface area (Å²) in [6, 6.07) is 10.5. The van der Waals surface area contributed by atoms with E-state index in [0.717, 1.165) is 0 Å². The maximum absolute atomic E-state index is 14.8. The Labute approximate surface area is 188 Å². The number of aromatic nitrogens is 4. The third kappa shape index (κ3) is 4.32. The molecule has 3 aromatic heterocycles. The van der Waals surface area contributed by atoms with E-state index < -0.39 is 17.5 Å². The summed E-state index contributed by atoms with van der Waals surface area (Å²) in [5, 5.41) is 7.06. The quantitative estimate of drug-likeness (QED) is 0.453. The highest BCUT2D eigenvalue weighted by atomic mass is 19.1. The highest BCUT2D eigenvalue weighted by Crippen LogP contribution is 2.30. The smallest absolute Gasteiger partial charge is 0.270 e. The summed E-state index contributed by atoms with van der Waals surface area (Å²) in [5.41, 5.74) is 3.15. The Morgan fingerprint density at radius 2 is 1.94 bits per heavy atom. The van der Waals surface area contributed by atoms with Crippen LogP contribution in [0.2, 0.25) is 0 Å². The molecule has 0 atom stereocenters. The second kappa shape index (κ2) is 8.96. The molecule has 164 valence electrons. The molecule has 0 aliphatic carbocycles. The van der Waals surface area contributed by atoms with Gasteiger partial charge in [-0.1, -0.05) is 12.1 Å². The van der Waals surface area contributed by atoms with Crippen molar-refractivity contribution in [2.24, 2.45) is 0 Å². The van der Waals surface area contributed by atoms with Gasteiger partial charge in [0.1, 0.15) is 17.3 Å². The molecule has 0 fully saturated rings. The number of nitrogens with one attached hydrogen (secondary N) is 1. The van der Waals surface area contributed by atoms with Crippen molar-refractivity contribution in [1.29, 1.82) is 0 Å². The minimum atomic E-state index is -0.638. The predicted octanol–water partition coefficient (Wildman–Crippen LogP) is 4.71. The van der Waals surface area contributed by atoms with Crippen molar-refractivity contribution in [2.45, 2.75) is 20.4 Å². The monoisotopic (exact) mass is 444 g/mol. The molecule has 1 amide bonds. The van der Waals surface area contributed by atoms with E-state index in [4.69, 9.17) is 6.57 Å². The second-order valence-electron chi connectivity index (χ2n) is 7.26. The minimum Gasteiger partial charge on any atom is -0.345 e. The van der Waals surface area contributed by atoms with Crippen LogP contribution in [0.15, 0.2) is 54.9 Å². The van der Waals surface area contributed by atoms with Crippen molar-refractivity contribution in [3.05, 3.63) is 101 Å². The summed E-state index contributed by atoms with van der Waals surface area (Å²) >= 11 is 0. The van der Waals surface area contributed by atoms with Gasteiger partial charge in [-0.2, -0.15) is 5.10 Å². The number of aryl methyl sites for hydroxylation is 1. The molecule has 0 saturated carbocycles. The minimum absolute atomic E-state index is 0.0718. The summed E-state index contributed by atoms with van der Waals surface area (Å²) in [6.07, 6.45) is 3.01. The second-order valence-corrected chi connectivity index (χ2v) is 7.26. The number of hydrogen-bond donors (Lipinski definition) is 1. The summed E-state index contributed by atoms with van der Waals surface area (Å²) in [7, 11) is 0. The van der Waals surface area contributed by atoms with Crippen molar-refractivity contribution >= 4 is 11.6 Å². The van der Waals surface area contributed by atoms with Crippen LogP contribution < -0.4 is 5.32 Å². The fraction of sp³-hybridized carbons (Fsp3) is 0.125. The Morgan fingerprint density at radius 3 is 2.61 bits per heavy atom. The van der Waals surface area contributed by atoms with Crippen LogP contribution in [-0.4, -0.2) is 25.7 Å². The van der Waals surface area contributed by atoms with E-state index in [1.54, 1.807) is 42.8 Å². The molecule has 4 rings (SSSR count). The number of carbonyl (C=O) groups excluding carboxylic acids is 1. The lowest BCUT2D eigenvalue weighted by molar-refractivity contribution is 0.0945. The van der Waals surface area contributed by atoms with Crippen molar-refractivity contribution in [3.63, 3.8) is 0 Å². The molecule has 33 heavy (non-hydrogen) atoms. The van der Waals surface area contributed by atoms with Crippen LogP contribution in [0.25, 0.3) is 21.7 Å². The van der Waals surface area contributed by atoms with Crippen molar-refractivity contribution in [2.75, 3.05) is 0 Å². The maximum atomic E-state index is 14.8. The molecule has 1 N–H and O–H groups in total. The van der Waals surface area contributed by atoms with Gasteiger partial charge in [-0.3, -0.25) is 14.8 Å². The molecule has 0 aliphatic heterocycles. The van der Waals surface area contributed by atoms with Gasteiger partial charge in [0, 0.05) is 29.2 Å². The molecule has 0 saturated heterocycles. The van der Waals surface area contributed by atoms with E-state index >= 15 is 0 Å². The molecule has 0 bridgehead atoms. The summed E-state index contributed by atoms with van der Waals surface area (Å²) < 4.78 is 30.4. The van der Waals surface area contributed by atoms with Gasteiger partial charge in [0.15, 0.2) is 0 Å². The average Bonchev–Trinajstić information content (AvgIpc) is 3.12. The van der Waals surface area contributed by atoms with Crippen LogP contribution in [0, 0.1) is 32.1 Å². The van der Waals surface area contributed by atoms with E-state index in [2.05, 4.69) is 25.2 Å². The van der Waals surface area contributed by atoms with E-state index in [1.165, 1.54) is 30.6 Å². The Kier molecular flexibility index (Phi) is 5.91. The molecule has 3 heterocycles. The Bertz CT molecular complexity index is 1390. The SMILES string of the molecule is [C-]#[N+]c1ccc(-n2nc(C)c(-c3cnc(CNC(=O)c4ccccn4)c(F)c3)c2C)cc1F. The zero-order chi connectivity index (χ0) is 23.5. The zero-order valence-corrected chi connectivity index (χ0v) is 17.8. The van der Waals surface area contributed by atoms with Gasteiger partial charge in [-0.05, 0) is 44.2 Å². The third-order valence-corrected chi connectivity index (χ3v) is 5.11. The van der Waals surface area contributed by atoms with E-state index in [-0.39, 0.29) is 23.6 Å². The first-order valence-corrected chi connectivity index (χ1v) is 9.96.